The number of benzene rings is 3. The van der Waals surface area contributed by atoms with Crippen molar-refractivity contribution in [2.24, 2.45) is 0 Å². The Morgan fingerprint density at radius 2 is 1.67 bits per heavy atom. The Bertz CT molecular complexity index is 1410. The van der Waals surface area contributed by atoms with Crippen molar-refractivity contribution in [2.45, 2.75) is 23.6 Å². The minimum Gasteiger partial charge on any atom is -0.337 e. The average molecular weight is 500 g/mol. The van der Waals surface area contributed by atoms with E-state index in [1.807, 2.05) is 62.4 Å². The van der Waals surface area contributed by atoms with Crippen LogP contribution in [0.2, 0.25) is 10.0 Å². The fourth-order valence-corrected chi connectivity index (χ4v) is 5.16. The molecule has 1 aromatic heterocycles. The van der Waals surface area contributed by atoms with Crippen molar-refractivity contribution >= 4 is 63.5 Å². The van der Waals surface area contributed by atoms with E-state index in [0.717, 1.165) is 20.9 Å². The summed E-state index contributed by atoms with van der Waals surface area (Å²) >= 11 is 14.2. The first-order valence-electron chi connectivity index (χ1n) is 10.1. The lowest BCUT2D eigenvalue weighted by Crippen LogP contribution is -2.18. The minimum atomic E-state index is -0.972. The van der Waals surface area contributed by atoms with E-state index in [-0.39, 0.29) is 11.5 Å². The van der Waals surface area contributed by atoms with Crippen LogP contribution in [0.3, 0.4) is 0 Å². The summed E-state index contributed by atoms with van der Waals surface area (Å²) in [5.74, 6) is -1.99. The molecular weight excluding hydrogens is 483 g/mol. The first kappa shape index (κ1) is 22.0. The number of anilines is 5. The second-order valence-corrected chi connectivity index (χ2v) is 9.59. The Labute approximate surface area is 204 Å². The molecule has 0 amide bonds. The van der Waals surface area contributed by atoms with Gasteiger partial charge in [-0.05, 0) is 61.4 Å². The molecule has 1 aliphatic rings. The number of pyridine rings is 1. The second kappa shape index (κ2) is 8.52. The number of rotatable bonds is 3. The number of para-hydroxylation sites is 1. The average Bonchev–Trinajstić information content (AvgIpc) is 2.79. The molecule has 1 aliphatic heterocycles. The standard InChI is InChI=1S/C25H17Cl2F2N3S/c1-13-7-8-14(2)16(11-13)30-25-22(28)23(21(27)24(29)31-25)32-17-5-3-4-6-19(17)33-20-10-9-15(26)12-18(20)32/h3-12H,1-2H3,(H,30,31). The predicted molar refractivity (Wildman–Crippen MR) is 132 cm³/mol. The zero-order chi connectivity index (χ0) is 23.3. The van der Waals surface area contributed by atoms with Gasteiger partial charge in [0.15, 0.2) is 11.6 Å². The number of halogens is 4. The van der Waals surface area contributed by atoms with Crippen LogP contribution in [-0.2, 0) is 0 Å². The topological polar surface area (TPSA) is 28.2 Å². The molecule has 3 nitrogen and oxygen atoms in total. The summed E-state index contributed by atoms with van der Waals surface area (Å²) in [6.07, 6.45) is 0. The molecule has 0 atom stereocenters. The molecule has 33 heavy (non-hydrogen) atoms. The zero-order valence-corrected chi connectivity index (χ0v) is 19.9. The summed E-state index contributed by atoms with van der Waals surface area (Å²) in [7, 11) is 0. The van der Waals surface area contributed by atoms with Gasteiger partial charge in [0.2, 0.25) is 5.95 Å². The SMILES string of the molecule is Cc1ccc(C)c(Nc2nc(F)c(Cl)c(N3c4ccccc4Sc4ccc(Cl)cc43)c2F)c1. The molecule has 0 bridgehead atoms. The van der Waals surface area contributed by atoms with Crippen molar-refractivity contribution < 1.29 is 8.78 Å². The smallest absolute Gasteiger partial charge is 0.235 e. The molecule has 0 unspecified atom stereocenters. The molecule has 0 radical (unpaired) electrons. The van der Waals surface area contributed by atoms with Crippen molar-refractivity contribution in [1.82, 2.24) is 4.98 Å². The lowest BCUT2D eigenvalue weighted by molar-refractivity contribution is 0.566. The Balaban J connectivity index is 1.74. The van der Waals surface area contributed by atoms with Gasteiger partial charge in [0.1, 0.15) is 10.7 Å². The molecule has 166 valence electrons. The van der Waals surface area contributed by atoms with Gasteiger partial charge in [-0.3, -0.25) is 0 Å². The Morgan fingerprint density at radius 1 is 0.909 bits per heavy atom. The highest BCUT2D eigenvalue weighted by atomic mass is 35.5. The molecule has 5 rings (SSSR count). The maximum absolute atomic E-state index is 16.0. The van der Waals surface area contributed by atoms with Crippen LogP contribution in [-0.4, -0.2) is 4.98 Å². The third-order valence-corrected chi connectivity index (χ3v) is 7.07. The van der Waals surface area contributed by atoms with E-state index in [1.54, 1.807) is 17.0 Å². The molecular formula is C25H17Cl2F2N3S. The first-order chi connectivity index (χ1) is 15.8. The van der Waals surface area contributed by atoms with Crippen LogP contribution in [0.5, 0.6) is 0 Å². The van der Waals surface area contributed by atoms with Gasteiger partial charge in [-0.15, -0.1) is 0 Å². The summed E-state index contributed by atoms with van der Waals surface area (Å²) < 4.78 is 31.0. The number of nitrogens with one attached hydrogen (secondary N) is 1. The highest BCUT2D eigenvalue weighted by molar-refractivity contribution is 7.99. The summed E-state index contributed by atoms with van der Waals surface area (Å²) in [5.41, 5.74) is 3.62. The quantitative estimate of drug-likeness (QED) is 0.250. The van der Waals surface area contributed by atoms with E-state index in [9.17, 15) is 4.39 Å². The molecule has 0 saturated carbocycles. The summed E-state index contributed by atoms with van der Waals surface area (Å²) in [5, 5.41) is 3.01. The lowest BCUT2D eigenvalue weighted by Gasteiger charge is -2.33. The monoisotopic (exact) mass is 499 g/mol. The third kappa shape index (κ3) is 3.92. The van der Waals surface area contributed by atoms with Gasteiger partial charge in [0.25, 0.3) is 0 Å². The Hall–Kier alpha value is -2.80. The highest BCUT2D eigenvalue weighted by Crippen LogP contribution is 2.54. The van der Waals surface area contributed by atoms with E-state index in [4.69, 9.17) is 23.2 Å². The first-order valence-corrected chi connectivity index (χ1v) is 11.7. The van der Waals surface area contributed by atoms with Gasteiger partial charge in [-0.25, -0.2) is 4.39 Å². The van der Waals surface area contributed by atoms with E-state index < -0.39 is 16.8 Å². The fourth-order valence-electron chi connectivity index (χ4n) is 3.75. The number of aromatic nitrogens is 1. The minimum absolute atomic E-state index is 0.131. The Kier molecular flexibility index (Phi) is 5.69. The van der Waals surface area contributed by atoms with Crippen LogP contribution in [0, 0.1) is 25.6 Å². The van der Waals surface area contributed by atoms with Crippen molar-refractivity contribution in [3.05, 3.63) is 93.6 Å². The summed E-state index contributed by atoms with van der Waals surface area (Å²) in [6.45, 7) is 3.80. The van der Waals surface area contributed by atoms with Gasteiger partial charge in [0, 0.05) is 20.5 Å². The molecule has 8 heteroatoms. The van der Waals surface area contributed by atoms with Crippen LogP contribution in [0.15, 0.2) is 70.5 Å². The van der Waals surface area contributed by atoms with Crippen molar-refractivity contribution in [1.29, 1.82) is 0 Å². The Morgan fingerprint density at radius 3 is 2.48 bits per heavy atom. The molecule has 4 aromatic rings. The summed E-state index contributed by atoms with van der Waals surface area (Å²) in [4.78, 5) is 7.10. The van der Waals surface area contributed by atoms with E-state index in [1.165, 1.54) is 11.8 Å². The normalized spacial score (nSPS) is 12.4. The van der Waals surface area contributed by atoms with Gasteiger partial charge < -0.3 is 10.2 Å². The largest absolute Gasteiger partial charge is 0.337 e. The van der Waals surface area contributed by atoms with Crippen molar-refractivity contribution in [3.63, 3.8) is 0 Å². The molecule has 3 aromatic carbocycles. The van der Waals surface area contributed by atoms with Crippen molar-refractivity contribution in [2.75, 3.05) is 10.2 Å². The van der Waals surface area contributed by atoms with Gasteiger partial charge in [0.05, 0.1) is 11.4 Å². The molecule has 1 N–H and O–H groups in total. The van der Waals surface area contributed by atoms with Crippen LogP contribution >= 0.6 is 35.0 Å². The van der Waals surface area contributed by atoms with E-state index in [2.05, 4.69) is 10.3 Å². The number of nitrogens with zero attached hydrogens (tertiary/aromatic N) is 2. The molecule has 0 saturated heterocycles. The van der Waals surface area contributed by atoms with Crippen LogP contribution in [0.4, 0.5) is 37.3 Å². The van der Waals surface area contributed by atoms with Crippen LogP contribution in [0.1, 0.15) is 11.1 Å². The van der Waals surface area contributed by atoms with E-state index >= 15 is 4.39 Å². The fraction of sp³-hybridized carbons (Fsp3) is 0.0800. The zero-order valence-electron chi connectivity index (χ0n) is 17.6. The maximum atomic E-state index is 16.0. The van der Waals surface area contributed by atoms with Gasteiger partial charge in [-0.2, -0.15) is 9.37 Å². The van der Waals surface area contributed by atoms with Gasteiger partial charge >= 0.3 is 0 Å². The van der Waals surface area contributed by atoms with Crippen molar-refractivity contribution in [3.8, 4) is 0 Å². The molecule has 0 fully saturated rings. The number of aryl methyl sites for hydroxylation is 2. The molecule has 0 aliphatic carbocycles. The summed E-state index contributed by atoms with van der Waals surface area (Å²) in [6, 6.07) is 18.5. The molecule has 0 spiro atoms. The number of hydrogen-bond donors (Lipinski definition) is 1. The number of hydrogen-bond acceptors (Lipinski definition) is 4. The highest BCUT2D eigenvalue weighted by Gasteiger charge is 2.32. The second-order valence-electron chi connectivity index (χ2n) is 7.69. The predicted octanol–water partition coefficient (Wildman–Crippen LogP) is 8.96. The van der Waals surface area contributed by atoms with Gasteiger partial charge in [-0.1, -0.05) is 59.2 Å². The van der Waals surface area contributed by atoms with Crippen LogP contribution in [0.25, 0.3) is 0 Å². The maximum Gasteiger partial charge on any atom is 0.235 e. The van der Waals surface area contributed by atoms with Crippen LogP contribution < -0.4 is 10.2 Å². The lowest BCUT2D eigenvalue weighted by atomic mass is 10.1. The van der Waals surface area contributed by atoms with E-state index in [0.29, 0.717) is 22.1 Å². The third-order valence-electron chi connectivity index (χ3n) is 5.37. The number of fused-ring (bicyclic) bond motifs is 2. The molecule has 2 heterocycles.